The molecule has 0 bridgehead atoms. The maximum Gasteiger partial charge on any atom is 0.339 e. The normalized spacial score (nSPS) is 12.1. The van der Waals surface area contributed by atoms with E-state index in [1.807, 2.05) is 4.98 Å². The van der Waals surface area contributed by atoms with Crippen LogP contribution in [0.1, 0.15) is 11.7 Å². The summed E-state index contributed by atoms with van der Waals surface area (Å²) < 4.78 is 4.22. The molecular formula is C7H8N2O5. The van der Waals surface area contributed by atoms with Crippen molar-refractivity contribution in [3.8, 4) is 0 Å². The zero-order chi connectivity index (χ0) is 10.7. The number of aromatic amines is 2. The Balaban J connectivity index is 3.14. The first kappa shape index (κ1) is 10.2. The number of hydrogen-bond donors (Lipinski definition) is 3. The highest BCUT2D eigenvalue weighted by atomic mass is 16.5. The second-order valence-electron chi connectivity index (χ2n) is 2.45. The third-order valence-corrected chi connectivity index (χ3v) is 1.57. The fraction of sp³-hybridized carbons (Fsp3) is 0.286. The molecule has 0 radical (unpaired) electrons. The van der Waals surface area contributed by atoms with E-state index in [0.29, 0.717) is 0 Å². The van der Waals surface area contributed by atoms with E-state index in [4.69, 9.17) is 0 Å². The first-order valence-electron chi connectivity index (χ1n) is 3.64. The first-order chi connectivity index (χ1) is 6.56. The number of aromatic nitrogens is 2. The zero-order valence-corrected chi connectivity index (χ0v) is 7.23. The number of aliphatic hydroxyl groups is 1. The van der Waals surface area contributed by atoms with Gasteiger partial charge in [0.1, 0.15) is 0 Å². The minimum atomic E-state index is -1.69. The molecule has 0 aliphatic heterocycles. The first-order valence-corrected chi connectivity index (χ1v) is 3.64. The SMILES string of the molecule is COC(=O)C(O)c1c[nH]c(=O)[nH]c1=O. The molecule has 1 rings (SSSR count). The van der Waals surface area contributed by atoms with Gasteiger partial charge in [0, 0.05) is 6.20 Å². The van der Waals surface area contributed by atoms with Gasteiger partial charge in [0.25, 0.3) is 5.56 Å². The van der Waals surface area contributed by atoms with Crippen LogP contribution in [0.2, 0.25) is 0 Å². The summed E-state index contributed by atoms with van der Waals surface area (Å²) >= 11 is 0. The topological polar surface area (TPSA) is 112 Å². The molecule has 0 aromatic carbocycles. The Morgan fingerprint density at radius 2 is 2.21 bits per heavy atom. The monoisotopic (exact) mass is 200 g/mol. The summed E-state index contributed by atoms with van der Waals surface area (Å²) in [6.45, 7) is 0. The van der Waals surface area contributed by atoms with Crippen molar-refractivity contribution in [1.82, 2.24) is 9.97 Å². The van der Waals surface area contributed by atoms with Crippen LogP contribution in [0.5, 0.6) is 0 Å². The van der Waals surface area contributed by atoms with Crippen LogP contribution in [-0.4, -0.2) is 28.2 Å². The van der Waals surface area contributed by atoms with Gasteiger partial charge in [-0.3, -0.25) is 9.78 Å². The average Bonchev–Trinajstić information content (AvgIpc) is 2.15. The molecule has 0 aliphatic rings. The third kappa shape index (κ3) is 1.88. The molecule has 1 unspecified atom stereocenters. The summed E-state index contributed by atoms with van der Waals surface area (Å²) in [5, 5.41) is 9.24. The molecule has 1 atom stereocenters. The number of H-pyrrole nitrogens is 2. The van der Waals surface area contributed by atoms with E-state index in [-0.39, 0.29) is 5.56 Å². The molecule has 1 aromatic heterocycles. The molecule has 0 amide bonds. The molecule has 0 spiro atoms. The molecule has 0 fully saturated rings. The zero-order valence-electron chi connectivity index (χ0n) is 7.23. The Labute approximate surface area is 77.4 Å². The van der Waals surface area contributed by atoms with Gasteiger partial charge in [0.15, 0.2) is 6.10 Å². The fourth-order valence-electron chi connectivity index (χ4n) is 0.862. The van der Waals surface area contributed by atoms with Crippen LogP contribution in [0.25, 0.3) is 0 Å². The summed E-state index contributed by atoms with van der Waals surface area (Å²) in [7, 11) is 1.07. The summed E-state index contributed by atoms with van der Waals surface area (Å²) in [6, 6.07) is 0. The minimum absolute atomic E-state index is 0.267. The lowest BCUT2D eigenvalue weighted by Gasteiger charge is -2.05. The van der Waals surface area contributed by atoms with Gasteiger partial charge in [0.2, 0.25) is 0 Å². The molecule has 76 valence electrons. The number of nitrogens with one attached hydrogen (secondary N) is 2. The smallest absolute Gasteiger partial charge is 0.339 e. The lowest BCUT2D eigenvalue weighted by Crippen LogP contribution is -2.29. The summed E-state index contributed by atoms with van der Waals surface area (Å²) in [5.41, 5.74) is -1.81. The molecule has 14 heavy (non-hydrogen) atoms. The fourth-order valence-corrected chi connectivity index (χ4v) is 0.862. The van der Waals surface area contributed by atoms with E-state index in [1.165, 1.54) is 0 Å². The summed E-state index contributed by atoms with van der Waals surface area (Å²) in [4.78, 5) is 36.5. The van der Waals surface area contributed by atoms with Gasteiger partial charge < -0.3 is 14.8 Å². The molecule has 1 aromatic rings. The maximum atomic E-state index is 11.1. The van der Waals surface area contributed by atoms with Crippen LogP contribution in [-0.2, 0) is 9.53 Å². The Bertz CT molecular complexity index is 446. The van der Waals surface area contributed by atoms with Crippen LogP contribution < -0.4 is 11.2 Å². The highest BCUT2D eigenvalue weighted by molar-refractivity contribution is 5.75. The van der Waals surface area contributed by atoms with E-state index in [2.05, 4.69) is 9.72 Å². The molecule has 3 N–H and O–H groups in total. The largest absolute Gasteiger partial charge is 0.467 e. The van der Waals surface area contributed by atoms with Crippen LogP contribution >= 0.6 is 0 Å². The van der Waals surface area contributed by atoms with E-state index < -0.39 is 23.3 Å². The summed E-state index contributed by atoms with van der Waals surface area (Å²) in [5.74, 6) is -0.970. The van der Waals surface area contributed by atoms with E-state index in [9.17, 15) is 19.5 Å². The number of carbonyl (C=O) groups is 1. The number of rotatable bonds is 2. The van der Waals surface area contributed by atoms with Crippen LogP contribution in [0, 0.1) is 0 Å². The van der Waals surface area contributed by atoms with Crippen molar-refractivity contribution >= 4 is 5.97 Å². The van der Waals surface area contributed by atoms with Crippen molar-refractivity contribution in [2.75, 3.05) is 7.11 Å². The van der Waals surface area contributed by atoms with Crippen molar-refractivity contribution in [2.45, 2.75) is 6.10 Å². The minimum Gasteiger partial charge on any atom is -0.467 e. The quantitative estimate of drug-likeness (QED) is 0.491. The van der Waals surface area contributed by atoms with Gasteiger partial charge in [-0.25, -0.2) is 9.59 Å². The van der Waals surface area contributed by atoms with Crippen molar-refractivity contribution in [1.29, 1.82) is 0 Å². The Morgan fingerprint density at radius 1 is 1.57 bits per heavy atom. The van der Waals surface area contributed by atoms with Crippen LogP contribution in [0.3, 0.4) is 0 Å². The molecule has 0 aliphatic carbocycles. The highest BCUT2D eigenvalue weighted by Crippen LogP contribution is 2.06. The van der Waals surface area contributed by atoms with E-state index in [0.717, 1.165) is 13.3 Å². The highest BCUT2D eigenvalue weighted by Gasteiger charge is 2.21. The Morgan fingerprint density at radius 3 is 2.71 bits per heavy atom. The van der Waals surface area contributed by atoms with Crippen molar-refractivity contribution in [3.63, 3.8) is 0 Å². The lowest BCUT2D eigenvalue weighted by molar-refractivity contribution is -0.150. The molecular weight excluding hydrogens is 192 g/mol. The average molecular weight is 200 g/mol. The number of hydrogen-bond acceptors (Lipinski definition) is 5. The Hall–Kier alpha value is -1.89. The van der Waals surface area contributed by atoms with Crippen molar-refractivity contribution in [3.05, 3.63) is 32.6 Å². The van der Waals surface area contributed by atoms with Crippen LogP contribution in [0.4, 0.5) is 0 Å². The van der Waals surface area contributed by atoms with Gasteiger partial charge in [-0.05, 0) is 0 Å². The molecule has 1 heterocycles. The van der Waals surface area contributed by atoms with Gasteiger partial charge in [-0.1, -0.05) is 0 Å². The van der Waals surface area contributed by atoms with Crippen molar-refractivity contribution in [2.24, 2.45) is 0 Å². The number of ether oxygens (including phenoxy) is 1. The van der Waals surface area contributed by atoms with Gasteiger partial charge in [-0.2, -0.15) is 0 Å². The van der Waals surface area contributed by atoms with Crippen molar-refractivity contribution < 1.29 is 14.6 Å². The summed E-state index contributed by atoms with van der Waals surface area (Å²) in [6.07, 6.45) is -0.733. The van der Waals surface area contributed by atoms with Gasteiger partial charge in [0.05, 0.1) is 12.7 Å². The van der Waals surface area contributed by atoms with Gasteiger partial charge >= 0.3 is 11.7 Å². The van der Waals surface area contributed by atoms with Crippen LogP contribution in [0.15, 0.2) is 15.8 Å². The standard InChI is InChI=1S/C7H8N2O5/c1-14-6(12)4(10)3-2-8-7(13)9-5(3)11/h2,4,10H,1H3,(H2,8,9,11,13). The molecule has 0 saturated carbocycles. The second kappa shape index (κ2) is 3.88. The van der Waals surface area contributed by atoms with E-state index >= 15 is 0 Å². The third-order valence-electron chi connectivity index (χ3n) is 1.57. The molecule has 0 saturated heterocycles. The number of carbonyl (C=O) groups excluding carboxylic acids is 1. The van der Waals surface area contributed by atoms with E-state index in [1.54, 1.807) is 0 Å². The lowest BCUT2D eigenvalue weighted by atomic mass is 10.2. The number of aliphatic hydroxyl groups excluding tert-OH is 1. The Kier molecular flexibility index (Phi) is 2.82. The molecule has 7 nitrogen and oxygen atoms in total. The predicted octanol–water partition coefficient (Wildman–Crippen LogP) is -1.73. The van der Waals surface area contributed by atoms with Gasteiger partial charge in [-0.15, -0.1) is 0 Å². The predicted molar refractivity (Wildman–Crippen MR) is 44.7 cm³/mol. The maximum absolute atomic E-state index is 11.1. The number of methoxy groups -OCH3 is 1. The molecule has 7 heteroatoms. The second-order valence-corrected chi connectivity index (χ2v) is 2.45. The number of esters is 1.